The molecule has 2 aromatic rings. The summed E-state index contributed by atoms with van der Waals surface area (Å²) in [6, 6.07) is 4.70. The number of hydrogen-bond acceptors (Lipinski definition) is 8. The minimum atomic E-state index is -0.838. The van der Waals surface area contributed by atoms with Crippen molar-refractivity contribution in [3.63, 3.8) is 0 Å². The summed E-state index contributed by atoms with van der Waals surface area (Å²) in [5.41, 5.74) is -0.391. The lowest BCUT2D eigenvalue weighted by molar-refractivity contribution is -0.138. The van der Waals surface area contributed by atoms with Crippen molar-refractivity contribution in [2.45, 2.75) is 0 Å². The van der Waals surface area contributed by atoms with Gasteiger partial charge < -0.3 is 23.9 Å². The van der Waals surface area contributed by atoms with E-state index >= 15 is 0 Å². The number of hydrogen-bond donors (Lipinski definition) is 1. The molecule has 0 radical (unpaired) electrons. The van der Waals surface area contributed by atoms with E-state index in [1.807, 2.05) is 0 Å². The van der Waals surface area contributed by atoms with Crippen LogP contribution in [0.25, 0.3) is 11.0 Å². The zero-order valence-electron chi connectivity index (χ0n) is 13.2. The van der Waals surface area contributed by atoms with E-state index in [1.165, 1.54) is 13.2 Å². The average Bonchev–Trinajstić information content (AvgIpc) is 2.61. The Hall–Kier alpha value is -3.29. The second-order valence-corrected chi connectivity index (χ2v) is 4.54. The second kappa shape index (κ2) is 7.32. The highest BCUT2D eigenvalue weighted by Gasteiger charge is 2.16. The first kappa shape index (κ1) is 17.1. The van der Waals surface area contributed by atoms with Crippen LogP contribution in [-0.2, 0) is 19.1 Å². The monoisotopic (exact) mass is 333 g/mol. The third-order valence-electron chi connectivity index (χ3n) is 3.12. The molecule has 0 bridgehead atoms. The molecule has 1 N–H and O–H groups in total. The van der Waals surface area contributed by atoms with Crippen molar-refractivity contribution in [3.05, 3.63) is 46.5 Å². The van der Waals surface area contributed by atoms with Gasteiger partial charge in [0.25, 0.3) is 0 Å². The van der Waals surface area contributed by atoms with Crippen LogP contribution in [0.1, 0.15) is 0 Å². The van der Waals surface area contributed by atoms with Gasteiger partial charge in [-0.05, 0) is 12.1 Å². The number of rotatable bonds is 5. The SMILES string of the molecule is COC(=O)C=C(Nc1coc2cc(OC)ccc2c1=O)C(=O)OC. The van der Waals surface area contributed by atoms with Gasteiger partial charge in [-0.15, -0.1) is 0 Å². The number of benzene rings is 1. The predicted molar refractivity (Wildman–Crippen MR) is 84.8 cm³/mol. The van der Waals surface area contributed by atoms with Crippen molar-refractivity contribution < 1.29 is 28.2 Å². The number of carbonyl (C=O) groups is 2. The topological polar surface area (TPSA) is 104 Å². The molecule has 0 saturated carbocycles. The van der Waals surface area contributed by atoms with Crippen molar-refractivity contribution >= 4 is 28.6 Å². The first-order valence-electron chi connectivity index (χ1n) is 6.74. The van der Waals surface area contributed by atoms with E-state index in [2.05, 4.69) is 14.8 Å². The van der Waals surface area contributed by atoms with Gasteiger partial charge in [0.05, 0.1) is 32.8 Å². The van der Waals surface area contributed by atoms with Crippen LogP contribution in [0.15, 0.2) is 45.4 Å². The van der Waals surface area contributed by atoms with Gasteiger partial charge >= 0.3 is 11.9 Å². The molecule has 8 heteroatoms. The Labute approximate surface area is 136 Å². The summed E-state index contributed by atoms with van der Waals surface area (Å²) < 4.78 is 19.5. The van der Waals surface area contributed by atoms with Crippen LogP contribution in [0.3, 0.4) is 0 Å². The minimum absolute atomic E-state index is 0.0341. The fourth-order valence-corrected chi connectivity index (χ4v) is 1.90. The molecule has 1 heterocycles. The molecule has 0 fully saturated rings. The molecular formula is C16H15NO7. The van der Waals surface area contributed by atoms with E-state index in [9.17, 15) is 14.4 Å². The fraction of sp³-hybridized carbons (Fsp3) is 0.188. The summed E-state index contributed by atoms with van der Waals surface area (Å²) in [4.78, 5) is 35.5. The molecule has 0 atom stereocenters. The molecule has 0 saturated heterocycles. The minimum Gasteiger partial charge on any atom is -0.497 e. The lowest BCUT2D eigenvalue weighted by atomic mass is 10.2. The van der Waals surface area contributed by atoms with E-state index in [4.69, 9.17) is 9.15 Å². The molecule has 1 aromatic heterocycles. The van der Waals surface area contributed by atoms with Crippen molar-refractivity contribution in [1.29, 1.82) is 0 Å². The zero-order valence-corrected chi connectivity index (χ0v) is 13.2. The first-order valence-corrected chi connectivity index (χ1v) is 6.74. The molecular weight excluding hydrogens is 318 g/mol. The summed E-state index contributed by atoms with van der Waals surface area (Å²) >= 11 is 0. The summed E-state index contributed by atoms with van der Waals surface area (Å²) in [6.45, 7) is 0. The third-order valence-corrected chi connectivity index (χ3v) is 3.12. The predicted octanol–water partition coefficient (Wildman–Crippen LogP) is 1.44. The fourth-order valence-electron chi connectivity index (χ4n) is 1.90. The first-order chi connectivity index (χ1) is 11.5. The van der Waals surface area contributed by atoms with E-state index in [0.29, 0.717) is 11.3 Å². The standard InChI is InChI=1S/C16H15NO7/c1-21-9-4-5-10-13(6-9)24-8-12(15(10)19)17-11(16(20)23-3)7-14(18)22-2/h4-8,17H,1-3H3. The maximum Gasteiger partial charge on any atom is 0.354 e. The van der Waals surface area contributed by atoms with Crippen molar-refractivity contribution in [2.75, 3.05) is 26.6 Å². The Morgan fingerprint density at radius 1 is 1.17 bits per heavy atom. The second-order valence-electron chi connectivity index (χ2n) is 4.54. The highest BCUT2D eigenvalue weighted by atomic mass is 16.5. The number of carbonyl (C=O) groups excluding carboxylic acids is 2. The van der Waals surface area contributed by atoms with Gasteiger partial charge in [-0.2, -0.15) is 0 Å². The molecule has 0 aliphatic carbocycles. The normalized spacial score (nSPS) is 11.0. The number of fused-ring (bicyclic) bond motifs is 1. The van der Waals surface area contributed by atoms with E-state index in [0.717, 1.165) is 26.6 Å². The van der Waals surface area contributed by atoms with Gasteiger partial charge in [0.15, 0.2) is 0 Å². The molecule has 0 aliphatic rings. The Balaban J connectivity index is 2.46. The van der Waals surface area contributed by atoms with Crippen LogP contribution in [0.4, 0.5) is 5.69 Å². The van der Waals surface area contributed by atoms with Crippen molar-refractivity contribution in [1.82, 2.24) is 0 Å². The summed E-state index contributed by atoms with van der Waals surface area (Å²) in [5, 5.41) is 2.81. The molecule has 126 valence electrons. The number of ether oxygens (including phenoxy) is 3. The average molecular weight is 333 g/mol. The molecule has 0 unspecified atom stereocenters. The Morgan fingerprint density at radius 3 is 2.54 bits per heavy atom. The molecule has 2 rings (SSSR count). The number of methoxy groups -OCH3 is 3. The molecule has 24 heavy (non-hydrogen) atoms. The van der Waals surface area contributed by atoms with Gasteiger partial charge in [-0.1, -0.05) is 0 Å². The largest absolute Gasteiger partial charge is 0.497 e. The maximum absolute atomic E-state index is 12.5. The smallest absolute Gasteiger partial charge is 0.354 e. The number of nitrogens with one attached hydrogen (secondary N) is 1. The van der Waals surface area contributed by atoms with Crippen LogP contribution in [-0.4, -0.2) is 33.3 Å². The van der Waals surface area contributed by atoms with Gasteiger partial charge in [0.2, 0.25) is 5.43 Å². The van der Waals surface area contributed by atoms with E-state index in [-0.39, 0.29) is 16.8 Å². The van der Waals surface area contributed by atoms with Gasteiger partial charge in [0.1, 0.15) is 29.0 Å². The van der Waals surface area contributed by atoms with Gasteiger partial charge in [-0.3, -0.25) is 4.79 Å². The van der Waals surface area contributed by atoms with Crippen LogP contribution in [0, 0.1) is 0 Å². The molecule has 0 spiro atoms. The summed E-state index contributed by atoms with van der Waals surface area (Å²) in [5.74, 6) is -1.08. The summed E-state index contributed by atoms with van der Waals surface area (Å²) in [6.07, 6.45) is 2.02. The quantitative estimate of drug-likeness (QED) is 0.647. The van der Waals surface area contributed by atoms with Crippen LogP contribution < -0.4 is 15.5 Å². The summed E-state index contributed by atoms with van der Waals surface area (Å²) in [7, 11) is 3.80. The molecule has 8 nitrogen and oxygen atoms in total. The van der Waals surface area contributed by atoms with Crippen LogP contribution >= 0.6 is 0 Å². The van der Waals surface area contributed by atoms with E-state index < -0.39 is 17.4 Å². The van der Waals surface area contributed by atoms with Gasteiger partial charge in [-0.25, -0.2) is 9.59 Å². The van der Waals surface area contributed by atoms with Crippen molar-refractivity contribution in [3.8, 4) is 5.75 Å². The van der Waals surface area contributed by atoms with Crippen molar-refractivity contribution in [2.24, 2.45) is 0 Å². The van der Waals surface area contributed by atoms with Gasteiger partial charge in [0, 0.05) is 6.07 Å². The van der Waals surface area contributed by atoms with E-state index in [1.54, 1.807) is 12.1 Å². The third kappa shape index (κ3) is 3.54. The van der Waals surface area contributed by atoms with Crippen LogP contribution in [0.5, 0.6) is 5.75 Å². The lowest BCUT2D eigenvalue weighted by Gasteiger charge is -2.09. The lowest BCUT2D eigenvalue weighted by Crippen LogP contribution is -2.19. The maximum atomic E-state index is 12.5. The highest BCUT2D eigenvalue weighted by Crippen LogP contribution is 2.20. The number of anilines is 1. The molecule has 0 aliphatic heterocycles. The Bertz CT molecular complexity index is 866. The highest BCUT2D eigenvalue weighted by molar-refractivity contribution is 5.99. The van der Waals surface area contributed by atoms with Crippen LogP contribution in [0.2, 0.25) is 0 Å². The number of esters is 2. The molecule has 1 aromatic carbocycles. The zero-order chi connectivity index (χ0) is 17.7. The Morgan fingerprint density at radius 2 is 1.92 bits per heavy atom. The Kier molecular flexibility index (Phi) is 5.20. The molecule has 0 amide bonds.